The van der Waals surface area contributed by atoms with Crippen molar-refractivity contribution in [1.29, 1.82) is 0 Å². The number of nitrogens with one attached hydrogen (secondary N) is 1. The molecule has 0 amide bonds. The number of rotatable bonds is 5. The first kappa shape index (κ1) is 14.0. The predicted molar refractivity (Wildman–Crippen MR) is 72.7 cm³/mol. The van der Waals surface area contributed by atoms with Crippen LogP contribution >= 0.6 is 0 Å². The summed E-state index contributed by atoms with van der Waals surface area (Å²) in [6, 6.07) is 0.772. The average Bonchev–Trinajstić information content (AvgIpc) is 2.21. The molecule has 0 heterocycles. The molecule has 1 saturated carbocycles. The molecule has 1 nitrogen and oxygen atoms in total. The summed E-state index contributed by atoms with van der Waals surface area (Å²) in [6.07, 6.45) is 6.77. The highest BCUT2D eigenvalue weighted by molar-refractivity contribution is 4.87. The smallest absolute Gasteiger partial charge is 0.00932 e. The van der Waals surface area contributed by atoms with Gasteiger partial charge in [-0.15, -0.1) is 0 Å². The van der Waals surface area contributed by atoms with Gasteiger partial charge in [-0.25, -0.2) is 0 Å². The molecule has 0 aromatic heterocycles. The second kappa shape index (κ2) is 6.05. The van der Waals surface area contributed by atoms with E-state index in [9.17, 15) is 0 Å². The molecule has 2 unspecified atom stereocenters. The highest BCUT2D eigenvalue weighted by Gasteiger charge is 2.31. The van der Waals surface area contributed by atoms with Gasteiger partial charge in [-0.05, 0) is 43.1 Å². The van der Waals surface area contributed by atoms with Crippen LogP contribution in [0.2, 0.25) is 0 Å². The zero-order valence-corrected chi connectivity index (χ0v) is 12.0. The third-order valence-corrected chi connectivity index (χ3v) is 4.52. The van der Waals surface area contributed by atoms with Crippen molar-refractivity contribution in [3.05, 3.63) is 0 Å². The Morgan fingerprint density at radius 2 is 1.88 bits per heavy atom. The summed E-state index contributed by atoms with van der Waals surface area (Å²) in [6.45, 7) is 13.1. The molecule has 1 rings (SSSR count). The molecule has 0 aliphatic heterocycles. The first-order valence-corrected chi connectivity index (χ1v) is 7.22. The van der Waals surface area contributed by atoms with Crippen LogP contribution < -0.4 is 5.32 Å². The van der Waals surface area contributed by atoms with Crippen LogP contribution in [0.15, 0.2) is 0 Å². The fourth-order valence-corrected chi connectivity index (χ4v) is 3.15. The van der Waals surface area contributed by atoms with E-state index in [2.05, 4.69) is 39.9 Å². The second-order valence-electron chi connectivity index (χ2n) is 6.58. The van der Waals surface area contributed by atoms with Gasteiger partial charge in [0.2, 0.25) is 0 Å². The minimum absolute atomic E-state index is 0.576. The van der Waals surface area contributed by atoms with Crippen molar-refractivity contribution < 1.29 is 0 Å². The van der Waals surface area contributed by atoms with Crippen LogP contribution in [0, 0.1) is 17.3 Å². The molecule has 0 spiro atoms. The van der Waals surface area contributed by atoms with Crippen molar-refractivity contribution in [1.82, 2.24) is 5.32 Å². The molecule has 0 aromatic rings. The van der Waals surface area contributed by atoms with Crippen molar-refractivity contribution in [3.8, 4) is 0 Å². The normalized spacial score (nSPS) is 29.6. The van der Waals surface area contributed by atoms with Crippen LogP contribution in [0.1, 0.15) is 66.7 Å². The van der Waals surface area contributed by atoms with Gasteiger partial charge in [-0.3, -0.25) is 0 Å². The van der Waals surface area contributed by atoms with Gasteiger partial charge in [-0.2, -0.15) is 0 Å². The Kier molecular flexibility index (Phi) is 5.30. The monoisotopic (exact) mass is 225 g/mol. The summed E-state index contributed by atoms with van der Waals surface area (Å²) in [5.74, 6) is 1.72. The van der Waals surface area contributed by atoms with Gasteiger partial charge in [0.1, 0.15) is 0 Å². The van der Waals surface area contributed by atoms with Crippen molar-refractivity contribution in [2.24, 2.45) is 17.3 Å². The molecule has 96 valence electrons. The topological polar surface area (TPSA) is 12.0 Å². The molecular formula is C15H31N. The van der Waals surface area contributed by atoms with Crippen LogP contribution in [-0.4, -0.2) is 12.6 Å². The summed E-state index contributed by atoms with van der Waals surface area (Å²) in [4.78, 5) is 0. The maximum absolute atomic E-state index is 3.81. The van der Waals surface area contributed by atoms with Crippen LogP contribution in [0.5, 0.6) is 0 Å². The van der Waals surface area contributed by atoms with E-state index in [0.717, 1.165) is 17.9 Å². The van der Waals surface area contributed by atoms with E-state index in [1.54, 1.807) is 0 Å². The summed E-state index contributed by atoms with van der Waals surface area (Å²) in [7, 11) is 0. The lowest BCUT2D eigenvalue weighted by Crippen LogP contribution is -2.43. The summed E-state index contributed by atoms with van der Waals surface area (Å²) in [5.41, 5.74) is 0.576. The van der Waals surface area contributed by atoms with Crippen LogP contribution in [-0.2, 0) is 0 Å². The van der Waals surface area contributed by atoms with E-state index in [0.29, 0.717) is 5.41 Å². The quantitative estimate of drug-likeness (QED) is 0.738. The third-order valence-electron chi connectivity index (χ3n) is 4.52. The second-order valence-corrected chi connectivity index (χ2v) is 6.58. The highest BCUT2D eigenvalue weighted by atomic mass is 14.9. The van der Waals surface area contributed by atoms with Gasteiger partial charge < -0.3 is 5.32 Å². The molecular weight excluding hydrogens is 194 g/mol. The van der Waals surface area contributed by atoms with E-state index in [1.807, 2.05) is 0 Å². The van der Waals surface area contributed by atoms with Gasteiger partial charge in [0.15, 0.2) is 0 Å². The van der Waals surface area contributed by atoms with E-state index in [1.165, 1.54) is 38.6 Å². The van der Waals surface area contributed by atoms with E-state index in [4.69, 9.17) is 0 Å². The molecule has 1 aliphatic rings. The van der Waals surface area contributed by atoms with E-state index >= 15 is 0 Å². The Balaban J connectivity index is 2.33. The predicted octanol–water partition coefficient (Wildman–Crippen LogP) is 4.23. The number of hydrogen-bond acceptors (Lipinski definition) is 1. The average molecular weight is 225 g/mol. The van der Waals surface area contributed by atoms with Crippen molar-refractivity contribution in [3.63, 3.8) is 0 Å². The zero-order chi connectivity index (χ0) is 12.2. The maximum atomic E-state index is 3.81. The standard InChI is InChI=1S/C15H31N/c1-6-13(7-2)11-16-14-8-9-15(4,5)10-12(14)3/h12-14,16H,6-11H2,1-5H3. The molecule has 1 N–H and O–H groups in total. The van der Waals surface area contributed by atoms with Crippen LogP contribution in [0.4, 0.5) is 0 Å². The minimum atomic E-state index is 0.576. The molecule has 0 bridgehead atoms. The molecule has 1 fully saturated rings. The molecule has 0 saturated heterocycles. The lowest BCUT2D eigenvalue weighted by Gasteiger charge is -2.40. The Labute approximate surface area is 102 Å². The summed E-state index contributed by atoms with van der Waals surface area (Å²) in [5, 5.41) is 3.81. The largest absolute Gasteiger partial charge is 0.313 e. The minimum Gasteiger partial charge on any atom is -0.313 e. The molecule has 1 aliphatic carbocycles. The van der Waals surface area contributed by atoms with E-state index < -0.39 is 0 Å². The van der Waals surface area contributed by atoms with Crippen LogP contribution in [0.25, 0.3) is 0 Å². The third kappa shape index (κ3) is 4.08. The van der Waals surface area contributed by atoms with Crippen molar-refractivity contribution in [2.75, 3.05) is 6.54 Å². The van der Waals surface area contributed by atoms with Gasteiger partial charge in [0.05, 0.1) is 0 Å². The molecule has 0 radical (unpaired) electrons. The van der Waals surface area contributed by atoms with Crippen LogP contribution in [0.3, 0.4) is 0 Å². The summed E-state index contributed by atoms with van der Waals surface area (Å²) < 4.78 is 0. The Morgan fingerprint density at radius 1 is 1.25 bits per heavy atom. The molecule has 0 aromatic carbocycles. The van der Waals surface area contributed by atoms with Gasteiger partial charge >= 0.3 is 0 Å². The first-order chi connectivity index (χ1) is 7.48. The lowest BCUT2D eigenvalue weighted by atomic mass is 9.70. The maximum Gasteiger partial charge on any atom is 0.00932 e. The Morgan fingerprint density at radius 3 is 2.38 bits per heavy atom. The zero-order valence-electron chi connectivity index (χ0n) is 12.0. The van der Waals surface area contributed by atoms with E-state index in [-0.39, 0.29) is 0 Å². The molecule has 1 heteroatoms. The fraction of sp³-hybridized carbons (Fsp3) is 1.00. The first-order valence-electron chi connectivity index (χ1n) is 7.22. The Hall–Kier alpha value is -0.0400. The SMILES string of the molecule is CCC(CC)CNC1CCC(C)(C)CC1C. The highest BCUT2D eigenvalue weighted by Crippen LogP contribution is 2.38. The van der Waals surface area contributed by atoms with Gasteiger partial charge in [0.25, 0.3) is 0 Å². The molecule has 2 atom stereocenters. The fourth-order valence-electron chi connectivity index (χ4n) is 3.15. The van der Waals surface area contributed by atoms with Gasteiger partial charge in [0, 0.05) is 6.04 Å². The molecule has 16 heavy (non-hydrogen) atoms. The number of hydrogen-bond donors (Lipinski definition) is 1. The summed E-state index contributed by atoms with van der Waals surface area (Å²) >= 11 is 0. The van der Waals surface area contributed by atoms with Gasteiger partial charge in [-0.1, -0.05) is 47.5 Å². The van der Waals surface area contributed by atoms with Crippen molar-refractivity contribution >= 4 is 0 Å². The van der Waals surface area contributed by atoms with Crippen molar-refractivity contribution in [2.45, 2.75) is 72.8 Å². The lowest BCUT2D eigenvalue weighted by molar-refractivity contribution is 0.145. The Bertz CT molecular complexity index is 194.